The summed E-state index contributed by atoms with van der Waals surface area (Å²) >= 11 is 0. The third-order valence-corrected chi connectivity index (χ3v) is 4.73. The topological polar surface area (TPSA) is 128 Å². The number of hydrogen-bond acceptors (Lipinski definition) is 7. The van der Waals surface area contributed by atoms with Crippen LogP contribution >= 0.6 is 0 Å². The molecule has 10 heteroatoms. The van der Waals surface area contributed by atoms with Gasteiger partial charge in [-0.2, -0.15) is 0 Å². The minimum Gasteiger partial charge on any atom is -0.450 e. The number of pyridine rings is 1. The number of fused-ring (bicyclic) bond motifs is 1. The Morgan fingerprint density at radius 2 is 1.76 bits per heavy atom. The van der Waals surface area contributed by atoms with Crippen LogP contribution in [0.15, 0.2) is 72.9 Å². The summed E-state index contributed by atoms with van der Waals surface area (Å²) in [6.45, 7) is 1.78. The van der Waals surface area contributed by atoms with E-state index >= 15 is 0 Å². The van der Waals surface area contributed by atoms with E-state index in [0.717, 1.165) is 0 Å². The highest BCUT2D eigenvalue weighted by Crippen LogP contribution is 2.21. The van der Waals surface area contributed by atoms with Crippen LogP contribution in [0.4, 0.5) is 10.5 Å². The molecule has 0 bridgehead atoms. The summed E-state index contributed by atoms with van der Waals surface area (Å²) in [6, 6.07) is 18.6. The molecule has 2 amide bonds. The normalized spacial score (nSPS) is 11.5. The number of ketones is 1. The summed E-state index contributed by atoms with van der Waals surface area (Å²) in [5.41, 5.74) is 1.84. The van der Waals surface area contributed by atoms with Gasteiger partial charge in [0.25, 0.3) is 5.91 Å². The predicted molar refractivity (Wildman–Crippen MR) is 119 cm³/mol. The van der Waals surface area contributed by atoms with Crippen molar-refractivity contribution >= 4 is 34.5 Å². The molecule has 2 N–H and O–H groups in total. The van der Waals surface area contributed by atoms with Gasteiger partial charge in [0.1, 0.15) is 11.2 Å². The van der Waals surface area contributed by atoms with E-state index in [1.165, 1.54) is 10.9 Å². The fourth-order valence-electron chi connectivity index (χ4n) is 3.23. The van der Waals surface area contributed by atoms with Gasteiger partial charge in [-0.25, -0.2) is 9.48 Å². The summed E-state index contributed by atoms with van der Waals surface area (Å²) in [6.07, 6.45) is -0.562. The van der Waals surface area contributed by atoms with Crippen molar-refractivity contribution < 1.29 is 19.1 Å². The summed E-state index contributed by atoms with van der Waals surface area (Å²) in [5, 5.41) is 13.3. The van der Waals surface area contributed by atoms with Crippen LogP contribution in [0.3, 0.4) is 0 Å². The molecule has 10 nitrogen and oxygen atoms in total. The Kier molecular flexibility index (Phi) is 6.35. The zero-order valence-electron chi connectivity index (χ0n) is 17.6. The van der Waals surface area contributed by atoms with Gasteiger partial charge < -0.3 is 10.1 Å². The number of carbonyl (C=O) groups excluding carboxylic acids is 3. The van der Waals surface area contributed by atoms with Gasteiger partial charge in [0, 0.05) is 11.8 Å². The smallest absolute Gasteiger partial charge is 0.409 e. The lowest BCUT2D eigenvalue weighted by Crippen LogP contribution is -2.41. The molecule has 2 heterocycles. The van der Waals surface area contributed by atoms with Gasteiger partial charge in [-0.15, -0.1) is 5.10 Å². The number of alkyl carbamates (subject to hydrolysis) is 1. The van der Waals surface area contributed by atoms with Gasteiger partial charge in [-0.1, -0.05) is 35.5 Å². The maximum atomic E-state index is 13.3. The van der Waals surface area contributed by atoms with Gasteiger partial charge in [0.15, 0.2) is 0 Å². The van der Waals surface area contributed by atoms with Crippen LogP contribution in [-0.4, -0.2) is 44.4 Å². The maximum absolute atomic E-state index is 13.3. The van der Waals surface area contributed by atoms with Gasteiger partial charge in [0.05, 0.1) is 17.8 Å². The van der Waals surface area contributed by atoms with Crippen LogP contribution in [-0.2, 0) is 9.53 Å². The fourth-order valence-corrected chi connectivity index (χ4v) is 3.23. The van der Waals surface area contributed by atoms with Crippen LogP contribution < -0.4 is 10.6 Å². The molecule has 4 rings (SSSR count). The molecule has 2 aromatic heterocycles. The Balaban J connectivity index is 1.67. The lowest BCUT2D eigenvalue weighted by Gasteiger charge is -2.19. The number of nitrogens with one attached hydrogen (secondary N) is 2. The quantitative estimate of drug-likeness (QED) is 0.419. The van der Waals surface area contributed by atoms with Crippen molar-refractivity contribution in [1.29, 1.82) is 0 Å². The number of carbonyl (C=O) groups is 3. The average Bonchev–Trinajstić information content (AvgIpc) is 3.27. The fraction of sp³-hybridized carbons (Fsp3) is 0.130. The number of anilines is 1. The van der Waals surface area contributed by atoms with Gasteiger partial charge in [-0.3, -0.25) is 19.9 Å². The first-order valence-corrected chi connectivity index (χ1v) is 10.2. The summed E-state index contributed by atoms with van der Waals surface area (Å²) in [5.74, 6) is -0.993. The molecule has 4 aromatic rings. The van der Waals surface area contributed by atoms with Crippen LogP contribution in [0.5, 0.6) is 0 Å². The third kappa shape index (κ3) is 4.69. The first-order chi connectivity index (χ1) is 16.1. The number of nitrogens with zero attached hydrogens (tertiary/aromatic N) is 4. The Labute approximate surface area is 188 Å². The number of hydrogen-bond donors (Lipinski definition) is 2. The van der Waals surface area contributed by atoms with E-state index in [-0.39, 0.29) is 29.3 Å². The lowest BCUT2D eigenvalue weighted by atomic mass is 10.1. The van der Waals surface area contributed by atoms with Crippen molar-refractivity contribution in [3.05, 3.63) is 84.2 Å². The highest BCUT2D eigenvalue weighted by molar-refractivity contribution is 6.13. The van der Waals surface area contributed by atoms with Crippen LogP contribution in [0.25, 0.3) is 11.0 Å². The Morgan fingerprint density at radius 1 is 1.00 bits per heavy atom. The summed E-state index contributed by atoms with van der Waals surface area (Å²) in [7, 11) is 0. The Morgan fingerprint density at radius 3 is 2.55 bits per heavy atom. The minimum atomic E-state index is -1.28. The summed E-state index contributed by atoms with van der Waals surface area (Å²) in [4.78, 5) is 42.5. The Bertz CT molecular complexity index is 1300. The monoisotopic (exact) mass is 444 g/mol. The summed E-state index contributed by atoms with van der Waals surface area (Å²) < 4.78 is 6.23. The number of para-hydroxylation sites is 2. The molecular weight excluding hydrogens is 424 g/mol. The van der Waals surface area contributed by atoms with Crippen LogP contribution in [0.1, 0.15) is 29.1 Å². The van der Waals surface area contributed by atoms with Crippen molar-refractivity contribution in [3.8, 4) is 0 Å². The third-order valence-electron chi connectivity index (χ3n) is 4.73. The van der Waals surface area contributed by atoms with Crippen molar-refractivity contribution in [2.24, 2.45) is 0 Å². The van der Waals surface area contributed by atoms with Crippen molar-refractivity contribution in [2.75, 3.05) is 11.9 Å². The molecule has 0 aliphatic rings. The number of amides is 2. The van der Waals surface area contributed by atoms with Gasteiger partial charge in [-0.05, 0) is 43.3 Å². The molecule has 0 spiro atoms. The zero-order chi connectivity index (χ0) is 23.2. The van der Waals surface area contributed by atoms with E-state index in [4.69, 9.17) is 4.74 Å². The molecular formula is C23H20N6O4. The molecule has 0 saturated heterocycles. The second kappa shape index (κ2) is 9.69. The number of benzene rings is 2. The SMILES string of the molecule is CCOC(=O)NC(C(=O)Nc1ccccc1C(=O)c1ccccn1)n1nnc2ccccc21. The Hall–Kier alpha value is -4.60. The van der Waals surface area contributed by atoms with E-state index in [2.05, 4.69) is 25.9 Å². The molecule has 0 fully saturated rings. The average molecular weight is 444 g/mol. The zero-order valence-corrected chi connectivity index (χ0v) is 17.6. The van der Waals surface area contributed by atoms with Crippen LogP contribution in [0, 0.1) is 0 Å². The molecule has 0 aliphatic heterocycles. The number of ether oxygens (including phenoxy) is 1. The molecule has 1 atom stereocenters. The van der Waals surface area contributed by atoms with Crippen molar-refractivity contribution in [1.82, 2.24) is 25.3 Å². The lowest BCUT2D eigenvalue weighted by molar-refractivity contribution is -0.120. The molecule has 2 aromatic carbocycles. The molecule has 0 radical (unpaired) electrons. The second-order valence-corrected chi connectivity index (χ2v) is 6.87. The maximum Gasteiger partial charge on any atom is 0.409 e. The number of aromatic nitrogens is 4. The second-order valence-electron chi connectivity index (χ2n) is 6.87. The van der Waals surface area contributed by atoms with Gasteiger partial charge >= 0.3 is 6.09 Å². The van der Waals surface area contributed by atoms with E-state index in [9.17, 15) is 14.4 Å². The molecule has 1 unspecified atom stereocenters. The first kappa shape index (κ1) is 21.6. The van der Waals surface area contributed by atoms with Crippen molar-refractivity contribution in [2.45, 2.75) is 13.1 Å². The van der Waals surface area contributed by atoms with E-state index in [1.54, 1.807) is 73.7 Å². The highest BCUT2D eigenvalue weighted by Gasteiger charge is 2.27. The highest BCUT2D eigenvalue weighted by atomic mass is 16.5. The number of rotatable bonds is 7. The van der Waals surface area contributed by atoms with Gasteiger partial charge in [0.2, 0.25) is 11.9 Å². The standard InChI is InChI=1S/C23H20N6O4/c1-2-33-23(32)26-21(29-19-13-6-5-11-17(19)27-28-29)22(31)25-16-10-4-3-9-15(16)20(30)18-12-7-8-14-24-18/h3-14,21H,2H2,1H3,(H,25,31)(H,26,32). The molecule has 166 valence electrons. The van der Waals surface area contributed by atoms with Crippen molar-refractivity contribution in [3.63, 3.8) is 0 Å². The van der Waals surface area contributed by atoms with E-state index < -0.39 is 18.2 Å². The van der Waals surface area contributed by atoms with E-state index in [1.807, 2.05) is 0 Å². The molecule has 0 aliphatic carbocycles. The molecule has 33 heavy (non-hydrogen) atoms. The van der Waals surface area contributed by atoms with Crippen LogP contribution in [0.2, 0.25) is 0 Å². The van der Waals surface area contributed by atoms with E-state index in [0.29, 0.717) is 11.0 Å². The molecule has 0 saturated carbocycles. The minimum absolute atomic E-state index is 0.125. The predicted octanol–water partition coefficient (Wildman–Crippen LogP) is 2.94. The largest absolute Gasteiger partial charge is 0.450 e. The first-order valence-electron chi connectivity index (χ1n) is 10.2.